The molecule has 1 heterocycles. The van der Waals surface area contributed by atoms with Crippen LogP contribution in [0.1, 0.15) is 54.4 Å². The van der Waals surface area contributed by atoms with E-state index >= 15 is 0 Å². The van der Waals surface area contributed by atoms with Gasteiger partial charge in [-0.25, -0.2) is 4.79 Å². The summed E-state index contributed by atoms with van der Waals surface area (Å²) in [4.78, 5) is 39.8. The average molecular weight is 508 g/mol. The first-order valence-corrected chi connectivity index (χ1v) is 13.2. The number of hydrogen-bond acceptors (Lipinski definition) is 6. The highest BCUT2D eigenvalue weighted by Crippen LogP contribution is 2.26. The molecule has 1 aliphatic heterocycles. The summed E-state index contributed by atoms with van der Waals surface area (Å²) >= 11 is 0. The van der Waals surface area contributed by atoms with Crippen molar-refractivity contribution in [3.05, 3.63) is 65.7 Å². The van der Waals surface area contributed by atoms with Gasteiger partial charge in [0.2, 0.25) is 0 Å². The van der Waals surface area contributed by atoms with E-state index in [-0.39, 0.29) is 30.4 Å². The number of rotatable bonds is 8. The summed E-state index contributed by atoms with van der Waals surface area (Å²) in [6.45, 7) is 2.59. The van der Waals surface area contributed by atoms with E-state index in [9.17, 15) is 14.4 Å². The topological polar surface area (TPSA) is 97.0 Å². The Morgan fingerprint density at radius 1 is 0.946 bits per heavy atom. The van der Waals surface area contributed by atoms with E-state index in [1.54, 1.807) is 23.1 Å². The summed E-state index contributed by atoms with van der Waals surface area (Å²) in [5.74, 6) is -0.0896. The molecule has 0 unspecified atom stereocenters. The molecule has 0 aromatic heterocycles. The lowest BCUT2D eigenvalue weighted by atomic mass is 9.86. The molecule has 1 saturated heterocycles. The van der Waals surface area contributed by atoms with Crippen LogP contribution in [-0.2, 0) is 20.9 Å². The molecule has 1 aliphatic carbocycles. The zero-order valence-corrected chi connectivity index (χ0v) is 21.5. The van der Waals surface area contributed by atoms with E-state index in [2.05, 4.69) is 10.6 Å². The number of benzene rings is 2. The standard InChI is InChI=1S/C29H37N3O5/c1-36-28(34)23-10-12-25(13-11-23)31-27(33)24-8-5-9-26(18-24)32(19-21-14-16-30-17-15-21)29(35)37-20-22-6-3-2-4-7-22/h2-9,18,21,23,25,30H,10-17,19-20H2,1H3,(H,31,33). The van der Waals surface area contributed by atoms with Crippen LogP contribution in [0.15, 0.2) is 54.6 Å². The number of carbonyl (C=O) groups is 3. The lowest BCUT2D eigenvalue weighted by Gasteiger charge is -2.30. The molecule has 0 radical (unpaired) electrons. The third-order valence-corrected chi connectivity index (χ3v) is 7.34. The Morgan fingerprint density at radius 2 is 1.68 bits per heavy atom. The van der Waals surface area contributed by atoms with Gasteiger partial charge >= 0.3 is 12.1 Å². The molecule has 0 spiro atoms. The Morgan fingerprint density at radius 3 is 2.38 bits per heavy atom. The van der Waals surface area contributed by atoms with Gasteiger partial charge in [-0.15, -0.1) is 0 Å². The maximum absolute atomic E-state index is 13.2. The number of esters is 1. The minimum Gasteiger partial charge on any atom is -0.469 e. The van der Waals surface area contributed by atoms with Crippen LogP contribution >= 0.6 is 0 Å². The van der Waals surface area contributed by atoms with E-state index in [1.807, 2.05) is 36.4 Å². The monoisotopic (exact) mass is 507 g/mol. The van der Waals surface area contributed by atoms with Crippen molar-refractivity contribution < 1.29 is 23.9 Å². The van der Waals surface area contributed by atoms with Gasteiger partial charge < -0.3 is 20.1 Å². The van der Waals surface area contributed by atoms with Crippen molar-refractivity contribution in [1.29, 1.82) is 0 Å². The Kier molecular flexibility index (Phi) is 9.54. The summed E-state index contributed by atoms with van der Waals surface area (Å²) in [6, 6.07) is 16.8. The maximum atomic E-state index is 13.2. The molecule has 2 fully saturated rings. The van der Waals surface area contributed by atoms with Gasteiger partial charge in [-0.2, -0.15) is 0 Å². The molecule has 4 rings (SSSR count). The van der Waals surface area contributed by atoms with Gasteiger partial charge in [0.1, 0.15) is 6.61 Å². The predicted octanol–water partition coefficient (Wildman–Crippen LogP) is 4.29. The lowest BCUT2D eigenvalue weighted by Crippen LogP contribution is -2.40. The third kappa shape index (κ3) is 7.55. The molecule has 1 saturated carbocycles. The second-order valence-corrected chi connectivity index (χ2v) is 9.94. The van der Waals surface area contributed by atoms with Crippen molar-refractivity contribution in [2.24, 2.45) is 11.8 Å². The highest BCUT2D eigenvalue weighted by atomic mass is 16.6. The molecule has 0 atom stereocenters. The smallest absolute Gasteiger partial charge is 0.414 e. The number of amides is 2. The van der Waals surface area contributed by atoms with Crippen LogP contribution in [-0.4, -0.2) is 50.8 Å². The fourth-order valence-corrected chi connectivity index (χ4v) is 5.13. The second kappa shape index (κ2) is 13.2. The second-order valence-electron chi connectivity index (χ2n) is 9.94. The van der Waals surface area contributed by atoms with Gasteiger partial charge in [0.25, 0.3) is 5.91 Å². The minimum absolute atomic E-state index is 0.0127. The fourth-order valence-electron chi connectivity index (χ4n) is 5.13. The molecule has 37 heavy (non-hydrogen) atoms. The number of nitrogens with one attached hydrogen (secondary N) is 2. The molecule has 198 valence electrons. The molecule has 2 aromatic rings. The van der Waals surface area contributed by atoms with Crippen LogP contribution in [0.4, 0.5) is 10.5 Å². The predicted molar refractivity (Wildman–Crippen MR) is 141 cm³/mol. The first kappa shape index (κ1) is 26.7. The number of nitrogens with zero attached hydrogens (tertiary/aromatic N) is 1. The van der Waals surface area contributed by atoms with Crippen molar-refractivity contribution in [3.63, 3.8) is 0 Å². The van der Waals surface area contributed by atoms with Gasteiger partial charge in [0, 0.05) is 23.8 Å². The average Bonchev–Trinajstić information content (AvgIpc) is 2.95. The van der Waals surface area contributed by atoms with E-state index in [0.29, 0.717) is 36.6 Å². The maximum Gasteiger partial charge on any atom is 0.414 e. The molecular weight excluding hydrogens is 470 g/mol. The van der Waals surface area contributed by atoms with Crippen LogP contribution in [0.5, 0.6) is 0 Å². The number of hydrogen-bond donors (Lipinski definition) is 2. The molecular formula is C29H37N3O5. The van der Waals surface area contributed by atoms with E-state index < -0.39 is 6.09 Å². The zero-order chi connectivity index (χ0) is 26.0. The Hall–Kier alpha value is -3.39. The summed E-state index contributed by atoms with van der Waals surface area (Å²) < 4.78 is 10.5. The Labute approximate surface area is 218 Å². The molecule has 2 aromatic carbocycles. The molecule has 0 bridgehead atoms. The lowest BCUT2D eigenvalue weighted by molar-refractivity contribution is -0.146. The van der Waals surface area contributed by atoms with Gasteiger partial charge in [0.05, 0.1) is 13.0 Å². The summed E-state index contributed by atoms with van der Waals surface area (Å²) in [5.41, 5.74) is 2.07. The van der Waals surface area contributed by atoms with Crippen LogP contribution in [0, 0.1) is 11.8 Å². The normalized spacial score (nSPS) is 20.0. The molecule has 2 N–H and O–H groups in total. The molecule has 8 heteroatoms. The van der Waals surface area contributed by atoms with Crippen molar-refractivity contribution in [2.45, 2.75) is 51.2 Å². The quantitative estimate of drug-likeness (QED) is 0.518. The summed E-state index contributed by atoms with van der Waals surface area (Å²) in [7, 11) is 1.41. The van der Waals surface area contributed by atoms with Crippen LogP contribution in [0.3, 0.4) is 0 Å². The molecule has 2 amide bonds. The van der Waals surface area contributed by atoms with Gasteiger partial charge in [-0.3, -0.25) is 14.5 Å². The fraction of sp³-hybridized carbons (Fsp3) is 0.483. The van der Waals surface area contributed by atoms with Crippen molar-refractivity contribution >= 4 is 23.7 Å². The largest absolute Gasteiger partial charge is 0.469 e. The Balaban J connectivity index is 1.43. The van der Waals surface area contributed by atoms with Crippen LogP contribution in [0.2, 0.25) is 0 Å². The number of carbonyl (C=O) groups excluding carboxylic acids is 3. The first-order chi connectivity index (χ1) is 18.0. The first-order valence-electron chi connectivity index (χ1n) is 13.2. The zero-order valence-electron chi connectivity index (χ0n) is 21.5. The number of anilines is 1. The number of methoxy groups -OCH3 is 1. The van der Waals surface area contributed by atoms with Crippen LogP contribution in [0.25, 0.3) is 0 Å². The molecule has 8 nitrogen and oxygen atoms in total. The van der Waals surface area contributed by atoms with E-state index in [1.165, 1.54) is 7.11 Å². The number of ether oxygens (including phenoxy) is 2. The van der Waals surface area contributed by atoms with Crippen molar-refractivity contribution in [1.82, 2.24) is 10.6 Å². The highest BCUT2D eigenvalue weighted by molar-refractivity contribution is 5.97. The van der Waals surface area contributed by atoms with Gasteiger partial charge in [-0.1, -0.05) is 36.4 Å². The highest BCUT2D eigenvalue weighted by Gasteiger charge is 2.28. The minimum atomic E-state index is -0.416. The number of piperidine rings is 1. The van der Waals surface area contributed by atoms with E-state index in [0.717, 1.165) is 44.3 Å². The van der Waals surface area contributed by atoms with Crippen LogP contribution < -0.4 is 15.5 Å². The summed E-state index contributed by atoms with van der Waals surface area (Å²) in [6.07, 6.45) is 4.43. The third-order valence-electron chi connectivity index (χ3n) is 7.34. The Bertz CT molecular complexity index is 1050. The van der Waals surface area contributed by atoms with Crippen molar-refractivity contribution in [3.8, 4) is 0 Å². The SMILES string of the molecule is COC(=O)C1CCC(NC(=O)c2cccc(N(CC3CCNCC3)C(=O)OCc3ccccc3)c2)CC1. The summed E-state index contributed by atoms with van der Waals surface area (Å²) in [5, 5.41) is 6.47. The molecule has 2 aliphatic rings. The van der Waals surface area contributed by atoms with Gasteiger partial charge in [0.15, 0.2) is 0 Å². The van der Waals surface area contributed by atoms with Crippen molar-refractivity contribution in [2.75, 3.05) is 31.6 Å². The van der Waals surface area contributed by atoms with Gasteiger partial charge in [-0.05, 0) is 81.3 Å². The van der Waals surface area contributed by atoms with E-state index in [4.69, 9.17) is 9.47 Å².